The van der Waals surface area contributed by atoms with Gasteiger partial charge in [-0.25, -0.2) is 4.39 Å². The van der Waals surface area contributed by atoms with Crippen molar-refractivity contribution in [1.82, 2.24) is 0 Å². The van der Waals surface area contributed by atoms with Crippen LogP contribution in [0.3, 0.4) is 0 Å². The van der Waals surface area contributed by atoms with Gasteiger partial charge in [-0.3, -0.25) is 0 Å². The molecule has 0 saturated heterocycles. The van der Waals surface area contributed by atoms with Crippen LogP contribution in [0.15, 0.2) is 51.4 Å². The molecule has 1 N–H and O–H groups in total. The summed E-state index contributed by atoms with van der Waals surface area (Å²) in [6.45, 7) is 1.99. The predicted octanol–water partition coefficient (Wildman–Crippen LogP) is 4.72. The quantitative estimate of drug-likeness (QED) is 0.735. The fraction of sp³-hybridized carbons (Fsp3) is 0.125. The van der Waals surface area contributed by atoms with Crippen LogP contribution in [0.4, 0.5) is 4.39 Å². The zero-order valence-corrected chi connectivity index (χ0v) is 12.3. The number of hydrogen-bond acceptors (Lipinski definition) is 2. The smallest absolute Gasteiger partial charge is 0.138 e. The van der Waals surface area contributed by atoms with E-state index in [1.807, 2.05) is 25.1 Å². The third-order valence-corrected chi connectivity index (χ3v) is 3.86. The Morgan fingerprint density at radius 1 is 1.15 bits per heavy atom. The molecule has 0 aliphatic rings. The Kier molecular flexibility index (Phi) is 3.36. The molecule has 0 aliphatic carbocycles. The highest BCUT2D eigenvalue weighted by molar-refractivity contribution is 9.10. The molecule has 3 aromatic rings. The Morgan fingerprint density at radius 2 is 1.95 bits per heavy atom. The van der Waals surface area contributed by atoms with E-state index in [1.165, 1.54) is 6.07 Å². The van der Waals surface area contributed by atoms with E-state index in [2.05, 4.69) is 15.9 Å². The Hall–Kier alpha value is -1.65. The van der Waals surface area contributed by atoms with Gasteiger partial charge in [0.1, 0.15) is 23.3 Å². The third kappa shape index (κ3) is 2.37. The minimum absolute atomic E-state index is 0.369. The van der Waals surface area contributed by atoms with Crippen LogP contribution >= 0.6 is 15.9 Å². The molecular weight excluding hydrogens is 323 g/mol. The number of hydrogen-bond donors (Lipinski definition) is 1. The van der Waals surface area contributed by atoms with Crippen molar-refractivity contribution >= 4 is 26.9 Å². The standard InChI is InChI=1S/C16H12BrFO2/c1-9-2-5-14-11(6-9)8-15(20-14)16(19)10-3-4-12(17)13(18)7-10/h2-8,16,19H,1H3. The average Bonchev–Trinajstić information content (AvgIpc) is 2.84. The maximum atomic E-state index is 13.5. The summed E-state index contributed by atoms with van der Waals surface area (Å²) >= 11 is 3.09. The van der Waals surface area contributed by atoms with Gasteiger partial charge < -0.3 is 9.52 Å². The second kappa shape index (κ2) is 5.04. The van der Waals surface area contributed by atoms with Crippen LogP contribution in [0, 0.1) is 12.7 Å². The fourth-order valence-electron chi connectivity index (χ4n) is 2.16. The number of halogens is 2. The van der Waals surface area contributed by atoms with Crippen LogP contribution in [0.25, 0.3) is 11.0 Å². The zero-order chi connectivity index (χ0) is 14.3. The molecule has 0 aliphatic heterocycles. The summed E-state index contributed by atoms with van der Waals surface area (Å²) in [6.07, 6.45) is -0.981. The highest BCUT2D eigenvalue weighted by atomic mass is 79.9. The molecular formula is C16H12BrFO2. The van der Waals surface area contributed by atoms with Crippen molar-refractivity contribution in [2.45, 2.75) is 13.0 Å². The van der Waals surface area contributed by atoms with Crippen LogP contribution in [0.2, 0.25) is 0 Å². The summed E-state index contributed by atoms with van der Waals surface area (Å²) in [5.74, 6) is 0.000767. The lowest BCUT2D eigenvalue weighted by atomic mass is 10.1. The number of aliphatic hydroxyl groups excluding tert-OH is 1. The summed E-state index contributed by atoms with van der Waals surface area (Å²) in [5, 5.41) is 11.2. The van der Waals surface area contributed by atoms with E-state index in [0.29, 0.717) is 21.4 Å². The fourth-order valence-corrected chi connectivity index (χ4v) is 2.41. The monoisotopic (exact) mass is 334 g/mol. The first kappa shape index (κ1) is 13.3. The molecule has 0 amide bonds. The summed E-state index contributed by atoms with van der Waals surface area (Å²) < 4.78 is 19.5. The van der Waals surface area contributed by atoms with Crippen molar-refractivity contribution < 1.29 is 13.9 Å². The first-order valence-electron chi connectivity index (χ1n) is 6.18. The molecule has 0 bridgehead atoms. The number of aryl methyl sites for hydroxylation is 1. The zero-order valence-electron chi connectivity index (χ0n) is 10.7. The van der Waals surface area contributed by atoms with E-state index in [9.17, 15) is 9.50 Å². The van der Waals surface area contributed by atoms with Crippen LogP contribution in [-0.2, 0) is 0 Å². The minimum atomic E-state index is -0.981. The van der Waals surface area contributed by atoms with Gasteiger partial charge in [-0.2, -0.15) is 0 Å². The van der Waals surface area contributed by atoms with Crippen molar-refractivity contribution in [3.63, 3.8) is 0 Å². The first-order valence-corrected chi connectivity index (χ1v) is 6.97. The topological polar surface area (TPSA) is 33.4 Å². The summed E-state index contributed by atoms with van der Waals surface area (Å²) in [7, 11) is 0. The molecule has 1 aromatic heterocycles. The van der Waals surface area contributed by atoms with E-state index in [1.54, 1.807) is 18.2 Å². The molecule has 0 radical (unpaired) electrons. The van der Waals surface area contributed by atoms with Gasteiger partial charge in [0.25, 0.3) is 0 Å². The molecule has 3 rings (SSSR count). The second-order valence-electron chi connectivity index (χ2n) is 4.77. The summed E-state index contributed by atoms with van der Waals surface area (Å²) in [5.41, 5.74) is 2.29. The highest BCUT2D eigenvalue weighted by Crippen LogP contribution is 2.30. The lowest BCUT2D eigenvalue weighted by Crippen LogP contribution is -1.98. The normalized spacial score (nSPS) is 12.8. The van der Waals surface area contributed by atoms with Crippen molar-refractivity contribution in [3.05, 3.63) is 69.6 Å². The van der Waals surface area contributed by atoms with Gasteiger partial charge in [-0.15, -0.1) is 0 Å². The maximum absolute atomic E-state index is 13.5. The molecule has 4 heteroatoms. The number of furan rings is 1. The van der Waals surface area contributed by atoms with E-state index in [0.717, 1.165) is 10.9 Å². The predicted molar refractivity (Wildman–Crippen MR) is 79.1 cm³/mol. The molecule has 0 spiro atoms. The molecule has 2 nitrogen and oxygen atoms in total. The molecule has 20 heavy (non-hydrogen) atoms. The molecule has 0 saturated carbocycles. The van der Waals surface area contributed by atoms with E-state index in [4.69, 9.17) is 4.42 Å². The van der Waals surface area contributed by atoms with E-state index in [-0.39, 0.29) is 0 Å². The first-order chi connectivity index (χ1) is 9.54. The molecule has 0 fully saturated rings. The van der Waals surface area contributed by atoms with E-state index < -0.39 is 11.9 Å². The Morgan fingerprint density at radius 3 is 2.70 bits per heavy atom. The van der Waals surface area contributed by atoms with Gasteiger partial charge in [0.05, 0.1) is 4.47 Å². The molecule has 1 unspecified atom stereocenters. The van der Waals surface area contributed by atoms with Gasteiger partial charge in [0.15, 0.2) is 0 Å². The molecule has 1 heterocycles. The maximum Gasteiger partial charge on any atom is 0.138 e. The lowest BCUT2D eigenvalue weighted by molar-refractivity contribution is 0.192. The van der Waals surface area contributed by atoms with Crippen molar-refractivity contribution in [2.24, 2.45) is 0 Å². The van der Waals surface area contributed by atoms with Gasteiger partial charge in [-0.05, 0) is 58.7 Å². The molecule has 2 aromatic carbocycles. The van der Waals surface area contributed by atoms with Gasteiger partial charge >= 0.3 is 0 Å². The Labute approximate surface area is 124 Å². The number of aliphatic hydroxyl groups is 1. The second-order valence-corrected chi connectivity index (χ2v) is 5.62. The minimum Gasteiger partial charge on any atom is -0.458 e. The summed E-state index contributed by atoms with van der Waals surface area (Å²) in [6, 6.07) is 12.1. The average molecular weight is 335 g/mol. The van der Waals surface area contributed by atoms with E-state index >= 15 is 0 Å². The summed E-state index contributed by atoms with van der Waals surface area (Å²) in [4.78, 5) is 0. The van der Waals surface area contributed by atoms with Gasteiger partial charge in [-0.1, -0.05) is 17.7 Å². The largest absolute Gasteiger partial charge is 0.458 e. The van der Waals surface area contributed by atoms with Crippen molar-refractivity contribution in [1.29, 1.82) is 0 Å². The van der Waals surface area contributed by atoms with Crippen LogP contribution in [0.5, 0.6) is 0 Å². The Bertz CT molecular complexity index is 779. The highest BCUT2D eigenvalue weighted by Gasteiger charge is 2.17. The van der Waals surface area contributed by atoms with Crippen LogP contribution in [0.1, 0.15) is 23.0 Å². The van der Waals surface area contributed by atoms with Crippen molar-refractivity contribution in [3.8, 4) is 0 Å². The molecule has 1 atom stereocenters. The van der Waals surface area contributed by atoms with Crippen LogP contribution < -0.4 is 0 Å². The Balaban J connectivity index is 2.02. The van der Waals surface area contributed by atoms with Gasteiger partial charge in [0, 0.05) is 5.39 Å². The van der Waals surface area contributed by atoms with Crippen LogP contribution in [-0.4, -0.2) is 5.11 Å². The number of fused-ring (bicyclic) bond motifs is 1. The SMILES string of the molecule is Cc1ccc2oc(C(O)c3ccc(Br)c(F)c3)cc2c1. The molecule has 102 valence electrons. The number of benzene rings is 2. The van der Waals surface area contributed by atoms with Crippen molar-refractivity contribution in [2.75, 3.05) is 0 Å². The lowest BCUT2D eigenvalue weighted by Gasteiger charge is -2.08. The number of rotatable bonds is 2. The third-order valence-electron chi connectivity index (χ3n) is 3.22. The van der Waals surface area contributed by atoms with Gasteiger partial charge in [0.2, 0.25) is 0 Å².